The zero-order valence-electron chi connectivity index (χ0n) is 14.3. The number of amides is 1. The first-order chi connectivity index (χ1) is 12.3. The molecule has 1 unspecified atom stereocenters. The summed E-state index contributed by atoms with van der Waals surface area (Å²) in [6.45, 7) is 1.69. The second-order valence-corrected chi connectivity index (χ2v) is 7.80. The largest absolute Gasteiger partial charge is 0.451 e. The minimum atomic E-state index is -4.63. The number of carbonyl (C=O) groups is 1. The highest BCUT2D eigenvalue weighted by Crippen LogP contribution is 2.33. The Morgan fingerprint density at radius 1 is 1.19 bits per heavy atom. The van der Waals surface area contributed by atoms with Gasteiger partial charge in [0.2, 0.25) is 11.7 Å². The van der Waals surface area contributed by atoms with Gasteiger partial charge in [0.15, 0.2) is 0 Å². The molecule has 3 rings (SSSR count). The number of nitrogens with one attached hydrogen (secondary N) is 1. The van der Waals surface area contributed by atoms with Gasteiger partial charge in [-0.25, -0.2) is 9.97 Å². The second-order valence-electron chi connectivity index (χ2n) is 6.47. The molecule has 0 radical (unpaired) electrons. The minimum Gasteiger partial charge on any atom is -0.352 e. The van der Waals surface area contributed by atoms with Gasteiger partial charge in [0.05, 0.1) is 10.8 Å². The van der Waals surface area contributed by atoms with Crippen molar-refractivity contribution < 1.29 is 18.0 Å². The smallest absolute Gasteiger partial charge is 0.352 e. The Morgan fingerprint density at radius 3 is 2.58 bits per heavy atom. The molecule has 1 aromatic heterocycles. The van der Waals surface area contributed by atoms with Gasteiger partial charge in [0.1, 0.15) is 5.03 Å². The normalized spacial score (nSPS) is 17.2. The zero-order chi connectivity index (χ0) is 18.7. The molecule has 0 spiro atoms. The second kappa shape index (κ2) is 7.82. The van der Waals surface area contributed by atoms with Gasteiger partial charge in [-0.1, -0.05) is 49.2 Å². The molecule has 140 valence electrons. The maximum absolute atomic E-state index is 13.1. The van der Waals surface area contributed by atoms with Crippen molar-refractivity contribution in [1.29, 1.82) is 0 Å². The van der Waals surface area contributed by atoms with Crippen molar-refractivity contribution in [3.63, 3.8) is 0 Å². The molecule has 1 atom stereocenters. The summed E-state index contributed by atoms with van der Waals surface area (Å²) < 4.78 is 39.3. The molecular weight excluding hydrogens is 363 g/mol. The van der Waals surface area contributed by atoms with Crippen LogP contribution in [0.15, 0.2) is 29.3 Å². The van der Waals surface area contributed by atoms with E-state index in [1.807, 2.05) is 0 Å². The van der Waals surface area contributed by atoms with Gasteiger partial charge >= 0.3 is 6.18 Å². The van der Waals surface area contributed by atoms with E-state index >= 15 is 0 Å². The fourth-order valence-corrected chi connectivity index (χ4v) is 4.00. The summed E-state index contributed by atoms with van der Waals surface area (Å²) in [5, 5.41) is 3.15. The van der Waals surface area contributed by atoms with Crippen molar-refractivity contribution in [2.24, 2.45) is 0 Å². The fraction of sp³-hybridized carbons (Fsp3) is 0.500. The summed E-state index contributed by atoms with van der Waals surface area (Å²) in [6.07, 6.45) is 0.655. The molecule has 1 aliphatic carbocycles. The number of hydrogen-bond acceptors (Lipinski definition) is 4. The summed E-state index contributed by atoms with van der Waals surface area (Å²) in [5.74, 6) is -1.35. The van der Waals surface area contributed by atoms with Gasteiger partial charge in [-0.3, -0.25) is 4.79 Å². The van der Waals surface area contributed by atoms with Crippen LogP contribution in [0.5, 0.6) is 0 Å². The molecule has 2 aromatic rings. The van der Waals surface area contributed by atoms with Crippen molar-refractivity contribution in [3.8, 4) is 0 Å². The average Bonchev–Trinajstić information content (AvgIpc) is 2.61. The zero-order valence-corrected chi connectivity index (χ0v) is 15.2. The standard InChI is InChI=1S/C18H20F3N3OS/c1-11(15(25)22-12-7-3-2-4-8-12)26-16-13-9-5-6-10-14(13)23-17(24-16)18(19,20)21/h5-6,9-12H,2-4,7-8H2,1H3,(H,22,25). The van der Waals surface area contributed by atoms with Crippen molar-refractivity contribution in [3.05, 3.63) is 30.1 Å². The first-order valence-corrected chi connectivity index (χ1v) is 9.53. The summed E-state index contributed by atoms with van der Waals surface area (Å²) in [6, 6.07) is 6.69. The monoisotopic (exact) mass is 383 g/mol. The molecule has 26 heavy (non-hydrogen) atoms. The molecule has 0 saturated heterocycles. The van der Waals surface area contributed by atoms with E-state index in [9.17, 15) is 18.0 Å². The van der Waals surface area contributed by atoms with Gasteiger partial charge in [-0.15, -0.1) is 0 Å². The lowest BCUT2D eigenvalue weighted by Crippen LogP contribution is -2.40. The lowest BCUT2D eigenvalue weighted by Gasteiger charge is -2.24. The van der Waals surface area contributed by atoms with Crippen molar-refractivity contribution in [1.82, 2.24) is 15.3 Å². The number of thioether (sulfide) groups is 1. The third-order valence-corrected chi connectivity index (χ3v) is 5.53. The summed E-state index contributed by atoms with van der Waals surface area (Å²) >= 11 is 1.04. The molecule has 1 amide bonds. The Balaban J connectivity index is 1.81. The van der Waals surface area contributed by atoms with Crippen LogP contribution >= 0.6 is 11.8 Å². The van der Waals surface area contributed by atoms with Gasteiger partial charge < -0.3 is 5.32 Å². The number of carbonyl (C=O) groups excluding carboxylic acids is 1. The van der Waals surface area contributed by atoms with E-state index in [1.165, 1.54) is 12.5 Å². The number of hydrogen-bond donors (Lipinski definition) is 1. The quantitative estimate of drug-likeness (QED) is 0.620. The topological polar surface area (TPSA) is 54.9 Å². The van der Waals surface area contributed by atoms with E-state index in [4.69, 9.17) is 0 Å². The maximum Gasteiger partial charge on any atom is 0.451 e. The highest BCUT2D eigenvalue weighted by atomic mass is 32.2. The Bertz CT molecular complexity index is 791. The van der Waals surface area contributed by atoms with Crippen LogP contribution in [0.2, 0.25) is 0 Å². The van der Waals surface area contributed by atoms with E-state index in [-0.39, 0.29) is 22.5 Å². The molecule has 1 heterocycles. The predicted octanol–water partition coefficient (Wildman–Crippen LogP) is 4.58. The number of benzene rings is 1. The van der Waals surface area contributed by atoms with E-state index in [2.05, 4.69) is 15.3 Å². The lowest BCUT2D eigenvalue weighted by atomic mass is 9.95. The minimum absolute atomic E-state index is 0.159. The SMILES string of the molecule is CC(Sc1nc(C(F)(F)F)nc2ccccc12)C(=O)NC1CCCCC1. The van der Waals surface area contributed by atoms with Gasteiger partial charge in [0, 0.05) is 11.4 Å². The third-order valence-electron chi connectivity index (χ3n) is 4.43. The third kappa shape index (κ3) is 4.47. The number of fused-ring (bicyclic) bond motifs is 1. The van der Waals surface area contributed by atoms with Crippen molar-refractivity contribution in [2.75, 3.05) is 0 Å². The molecule has 0 bridgehead atoms. The molecule has 4 nitrogen and oxygen atoms in total. The summed E-state index contributed by atoms with van der Waals surface area (Å²) in [7, 11) is 0. The maximum atomic E-state index is 13.1. The first kappa shape index (κ1) is 18.9. The Kier molecular flexibility index (Phi) is 5.70. The highest BCUT2D eigenvalue weighted by Gasteiger charge is 2.36. The van der Waals surface area contributed by atoms with E-state index in [0.717, 1.165) is 37.4 Å². The van der Waals surface area contributed by atoms with Crippen LogP contribution in [-0.2, 0) is 11.0 Å². The van der Waals surface area contributed by atoms with Crippen LogP contribution in [0.1, 0.15) is 44.9 Å². The first-order valence-electron chi connectivity index (χ1n) is 8.65. The Labute approximate surface area is 154 Å². The molecule has 1 saturated carbocycles. The van der Waals surface area contributed by atoms with E-state index in [1.54, 1.807) is 25.1 Å². The van der Waals surface area contributed by atoms with Gasteiger partial charge in [0.25, 0.3) is 0 Å². The van der Waals surface area contributed by atoms with Crippen LogP contribution in [0, 0.1) is 0 Å². The molecule has 1 aliphatic rings. The fourth-order valence-electron chi connectivity index (χ4n) is 3.05. The summed E-state index contributed by atoms with van der Waals surface area (Å²) in [4.78, 5) is 19.7. The molecule has 1 fully saturated rings. The summed E-state index contributed by atoms with van der Waals surface area (Å²) in [5.41, 5.74) is 0.220. The molecule has 0 aliphatic heterocycles. The van der Waals surface area contributed by atoms with Crippen LogP contribution < -0.4 is 5.32 Å². The number of halogens is 3. The van der Waals surface area contributed by atoms with Crippen LogP contribution in [-0.4, -0.2) is 27.2 Å². The molecular formula is C18H20F3N3OS. The lowest BCUT2D eigenvalue weighted by molar-refractivity contribution is -0.145. The number of nitrogens with zero attached hydrogens (tertiary/aromatic N) is 2. The predicted molar refractivity (Wildman–Crippen MR) is 94.9 cm³/mol. The van der Waals surface area contributed by atoms with Gasteiger partial charge in [-0.2, -0.15) is 13.2 Å². The number of rotatable bonds is 4. The van der Waals surface area contributed by atoms with Crippen molar-refractivity contribution >= 4 is 28.6 Å². The number of aromatic nitrogens is 2. The average molecular weight is 383 g/mol. The van der Waals surface area contributed by atoms with Crippen LogP contribution in [0.3, 0.4) is 0 Å². The van der Waals surface area contributed by atoms with Crippen molar-refractivity contribution in [2.45, 2.75) is 61.5 Å². The highest BCUT2D eigenvalue weighted by molar-refractivity contribution is 8.00. The number of alkyl halides is 3. The van der Waals surface area contributed by atoms with Crippen LogP contribution in [0.4, 0.5) is 13.2 Å². The van der Waals surface area contributed by atoms with E-state index in [0.29, 0.717) is 5.39 Å². The van der Waals surface area contributed by atoms with Crippen LogP contribution in [0.25, 0.3) is 10.9 Å². The van der Waals surface area contributed by atoms with E-state index < -0.39 is 17.3 Å². The number of para-hydroxylation sites is 1. The Hall–Kier alpha value is -1.83. The molecule has 1 aromatic carbocycles. The molecule has 8 heteroatoms. The Morgan fingerprint density at radius 2 is 1.88 bits per heavy atom. The van der Waals surface area contributed by atoms with Gasteiger partial charge in [-0.05, 0) is 25.8 Å². The molecule has 1 N–H and O–H groups in total.